The molecule has 8 heteroatoms. The Labute approximate surface area is 126 Å². The van der Waals surface area contributed by atoms with Gasteiger partial charge in [0, 0.05) is 12.1 Å². The SMILES string of the molecule is CCC1=NNC(C)=C(OC(=O)O)C1c1ccc([N+](=O)[O-])cc1. The molecule has 22 heavy (non-hydrogen) atoms. The van der Waals surface area contributed by atoms with Gasteiger partial charge in [-0.05, 0) is 18.9 Å². The molecule has 8 nitrogen and oxygen atoms in total. The van der Waals surface area contributed by atoms with Gasteiger partial charge in [0.25, 0.3) is 5.69 Å². The largest absolute Gasteiger partial charge is 0.511 e. The lowest BCUT2D eigenvalue weighted by atomic mass is 9.89. The molecule has 2 rings (SSSR count). The second-order valence-corrected chi connectivity index (χ2v) is 4.71. The number of hydrogen-bond donors (Lipinski definition) is 2. The summed E-state index contributed by atoms with van der Waals surface area (Å²) in [6.07, 6.45) is -0.838. The summed E-state index contributed by atoms with van der Waals surface area (Å²) < 4.78 is 4.90. The van der Waals surface area contributed by atoms with Gasteiger partial charge in [-0.25, -0.2) is 4.79 Å². The van der Waals surface area contributed by atoms with Crippen LogP contribution in [0.1, 0.15) is 31.7 Å². The van der Waals surface area contributed by atoms with Gasteiger partial charge < -0.3 is 9.84 Å². The molecule has 1 aromatic rings. The van der Waals surface area contributed by atoms with E-state index < -0.39 is 17.0 Å². The van der Waals surface area contributed by atoms with E-state index in [4.69, 9.17) is 9.84 Å². The van der Waals surface area contributed by atoms with Gasteiger partial charge >= 0.3 is 6.16 Å². The van der Waals surface area contributed by atoms with Gasteiger partial charge in [0.2, 0.25) is 0 Å². The first-order valence-electron chi connectivity index (χ1n) is 6.62. The molecule has 0 radical (unpaired) electrons. The fourth-order valence-corrected chi connectivity index (χ4v) is 2.29. The predicted molar refractivity (Wildman–Crippen MR) is 78.5 cm³/mol. The Morgan fingerprint density at radius 3 is 2.59 bits per heavy atom. The summed E-state index contributed by atoms with van der Waals surface area (Å²) in [5, 5.41) is 23.8. The predicted octanol–water partition coefficient (Wildman–Crippen LogP) is 2.97. The number of nitro benzene ring substituents is 1. The zero-order valence-electron chi connectivity index (χ0n) is 12.1. The average molecular weight is 305 g/mol. The molecule has 1 aliphatic heterocycles. The van der Waals surface area contributed by atoms with Gasteiger partial charge in [0.1, 0.15) is 5.76 Å². The maximum absolute atomic E-state index is 10.9. The van der Waals surface area contributed by atoms with Crippen LogP contribution in [0.25, 0.3) is 0 Å². The standard InChI is InChI=1S/C14H15N3O5/c1-3-11-12(9-4-6-10(7-5-9)17(20)21)13(22-14(18)19)8(2)15-16-11/h4-7,12,15H,3H2,1-2H3,(H,18,19). The molecule has 116 valence electrons. The highest BCUT2D eigenvalue weighted by atomic mass is 16.7. The minimum absolute atomic E-state index is 0.0333. The third-order valence-electron chi connectivity index (χ3n) is 3.33. The number of hydrogen-bond acceptors (Lipinski definition) is 6. The third-order valence-corrected chi connectivity index (χ3v) is 3.33. The van der Waals surface area contributed by atoms with Gasteiger partial charge in [-0.15, -0.1) is 0 Å². The maximum atomic E-state index is 10.9. The molecule has 2 N–H and O–H groups in total. The highest BCUT2D eigenvalue weighted by Gasteiger charge is 2.30. The molecule has 0 bridgehead atoms. The number of benzene rings is 1. The third kappa shape index (κ3) is 3.05. The Hall–Kier alpha value is -2.90. The molecule has 0 fully saturated rings. The summed E-state index contributed by atoms with van der Waals surface area (Å²) in [6.45, 7) is 3.55. The number of carbonyl (C=O) groups is 1. The van der Waals surface area contributed by atoms with Crippen molar-refractivity contribution in [2.75, 3.05) is 0 Å². The first kappa shape index (κ1) is 15.5. The van der Waals surface area contributed by atoms with E-state index in [1.54, 1.807) is 19.1 Å². The summed E-state index contributed by atoms with van der Waals surface area (Å²) in [4.78, 5) is 21.2. The molecule has 1 aromatic carbocycles. The van der Waals surface area contributed by atoms with Crippen molar-refractivity contribution in [3.05, 3.63) is 51.4 Å². The zero-order valence-corrected chi connectivity index (χ0v) is 12.1. The summed E-state index contributed by atoms with van der Waals surface area (Å²) in [5.41, 5.74) is 4.57. The molecule has 1 aliphatic rings. The van der Waals surface area contributed by atoms with Crippen molar-refractivity contribution in [2.24, 2.45) is 5.10 Å². The fourth-order valence-electron chi connectivity index (χ4n) is 2.29. The van der Waals surface area contributed by atoms with Crippen LogP contribution in [-0.2, 0) is 4.74 Å². The van der Waals surface area contributed by atoms with Crippen LogP contribution in [0.15, 0.2) is 40.8 Å². The van der Waals surface area contributed by atoms with E-state index in [1.165, 1.54) is 12.1 Å². The minimum atomic E-state index is -1.42. The second-order valence-electron chi connectivity index (χ2n) is 4.71. The van der Waals surface area contributed by atoms with Gasteiger partial charge in [0.05, 0.1) is 22.2 Å². The van der Waals surface area contributed by atoms with Gasteiger partial charge in [-0.2, -0.15) is 5.10 Å². The maximum Gasteiger partial charge on any atom is 0.511 e. The number of rotatable bonds is 4. The molecular formula is C14H15N3O5. The Kier molecular flexibility index (Phi) is 4.40. The van der Waals surface area contributed by atoms with E-state index >= 15 is 0 Å². The molecule has 1 unspecified atom stereocenters. The Morgan fingerprint density at radius 1 is 1.45 bits per heavy atom. The van der Waals surface area contributed by atoms with E-state index in [9.17, 15) is 14.9 Å². The minimum Gasteiger partial charge on any atom is -0.449 e. The van der Waals surface area contributed by atoms with E-state index in [-0.39, 0.29) is 11.4 Å². The van der Waals surface area contributed by atoms with Crippen molar-refractivity contribution < 1.29 is 19.6 Å². The van der Waals surface area contributed by atoms with Crippen LogP contribution in [0.5, 0.6) is 0 Å². The van der Waals surface area contributed by atoms with E-state index in [1.807, 2.05) is 6.92 Å². The van der Waals surface area contributed by atoms with Crippen LogP contribution in [-0.4, -0.2) is 21.9 Å². The number of non-ortho nitro benzene ring substituents is 1. The van der Waals surface area contributed by atoms with E-state index in [0.717, 1.165) is 0 Å². The van der Waals surface area contributed by atoms with E-state index in [0.29, 0.717) is 23.4 Å². The average Bonchev–Trinajstić information content (AvgIpc) is 2.49. The van der Waals surface area contributed by atoms with Crippen molar-refractivity contribution in [1.82, 2.24) is 5.43 Å². The van der Waals surface area contributed by atoms with Gasteiger partial charge in [0.15, 0.2) is 0 Å². The number of nitro groups is 1. The molecule has 0 saturated carbocycles. The first-order chi connectivity index (χ1) is 10.4. The normalized spacial score (nSPS) is 17.5. The quantitative estimate of drug-likeness (QED) is 0.502. The first-order valence-corrected chi connectivity index (χ1v) is 6.62. The molecule has 0 aromatic heterocycles. The van der Waals surface area contributed by atoms with Crippen LogP contribution in [0.4, 0.5) is 10.5 Å². The number of nitrogens with zero attached hydrogens (tertiary/aromatic N) is 2. The molecule has 1 heterocycles. The number of carboxylic acid groups (broad SMARTS) is 1. The smallest absolute Gasteiger partial charge is 0.449 e. The van der Waals surface area contributed by atoms with Crippen LogP contribution in [0.3, 0.4) is 0 Å². The van der Waals surface area contributed by atoms with Crippen molar-refractivity contribution in [3.63, 3.8) is 0 Å². The molecule has 0 amide bonds. The number of allylic oxidation sites excluding steroid dienone is 2. The monoisotopic (exact) mass is 305 g/mol. The topological polar surface area (TPSA) is 114 Å². The zero-order chi connectivity index (χ0) is 16.3. The lowest BCUT2D eigenvalue weighted by Crippen LogP contribution is -2.28. The van der Waals surface area contributed by atoms with Gasteiger partial charge in [-0.1, -0.05) is 19.1 Å². The van der Waals surface area contributed by atoms with Crippen LogP contribution in [0.2, 0.25) is 0 Å². The summed E-state index contributed by atoms with van der Waals surface area (Å²) in [5.74, 6) is -0.253. The summed E-state index contributed by atoms with van der Waals surface area (Å²) in [6, 6.07) is 5.91. The Morgan fingerprint density at radius 2 is 2.09 bits per heavy atom. The van der Waals surface area contributed by atoms with Crippen molar-refractivity contribution >= 4 is 17.6 Å². The highest BCUT2D eigenvalue weighted by molar-refractivity contribution is 5.94. The summed E-state index contributed by atoms with van der Waals surface area (Å²) in [7, 11) is 0. The van der Waals surface area contributed by atoms with E-state index in [2.05, 4.69) is 10.5 Å². The number of hydrazone groups is 1. The number of nitrogens with one attached hydrogen (secondary N) is 1. The molecule has 0 spiro atoms. The Bertz CT molecular complexity index is 664. The molecule has 0 saturated heterocycles. The lowest BCUT2D eigenvalue weighted by Gasteiger charge is -2.26. The number of ether oxygens (including phenoxy) is 1. The summed E-state index contributed by atoms with van der Waals surface area (Å²) >= 11 is 0. The Balaban J connectivity index is 2.45. The van der Waals surface area contributed by atoms with Crippen molar-refractivity contribution in [1.29, 1.82) is 0 Å². The molecular weight excluding hydrogens is 290 g/mol. The molecule has 1 atom stereocenters. The van der Waals surface area contributed by atoms with Gasteiger partial charge in [-0.3, -0.25) is 15.5 Å². The van der Waals surface area contributed by atoms with Crippen LogP contribution < -0.4 is 5.43 Å². The van der Waals surface area contributed by atoms with Crippen molar-refractivity contribution in [2.45, 2.75) is 26.2 Å². The van der Waals surface area contributed by atoms with Crippen LogP contribution in [0, 0.1) is 10.1 Å². The van der Waals surface area contributed by atoms with Crippen molar-refractivity contribution in [3.8, 4) is 0 Å². The molecule has 0 aliphatic carbocycles. The van der Waals surface area contributed by atoms with Crippen LogP contribution >= 0.6 is 0 Å². The highest BCUT2D eigenvalue weighted by Crippen LogP contribution is 2.33. The fraction of sp³-hybridized carbons (Fsp3) is 0.286. The second kappa shape index (κ2) is 6.25. The lowest BCUT2D eigenvalue weighted by molar-refractivity contribution is -0.384.